The first-order valence-corrected chi connectivity index (χ1v) is 6.32. The molecular formula is C8H9Cl2O2S. The summed E-state index contributed by atoms with van der Waals surface area (Å²) in [6, 6.07) is 0. The van der Waals surface area contributed by atoms with Crippen molar-refractivity contribution in [2.24, 2.45) is 0 Å². The number of halogens is 2. The standard InChI is InChI=1S/C8H9Cl2O2S/c9-4-5-13(11,12)8-3-1-2-7(10)6-8/h2-3,6H,1,4-5H2. The highest BCUT2D eigenvalue weighted by Crippen LogP contribution is 2.23. The fraction of sp³-hybridized carbons (Fsp3) is 0.375. The molecule has 0 heterocycles. The molecule has 0 aromatic heterocycles. The summed E-state index contributed by atoms with van der Waals surface area (Å²) in [5.74, 6) is 0.0654. The van der Waals surface area contributed by atoms with Crippen LogP contribution in [0.2, 0.25) is 0 Å². The van der Waals surface area contributed by atoms with Crippen LogP contribution in [-0.4, -0.2) is 20.1 Å². The Bertz CT molecular complexity index is 341. The number of allylic oxidation sites excluding steroid dienone is 3. The summed E-state index contributed by atoms with van der Waals surface area (Å²) in [5, 5.41) is 0.468. The van der Waals surface area contributed by atoms with E-state index in [9.17, 15) is 8.42 Å². The Balaban J connectivity index is 2.90. The third kappa shape index (κ3) is 3.01. The van der Waals surface area contributed by atoms with Crippen LogP contribution in [0.4, 0.5) is 0 Å². The van der Waals surface area contributed by atoms with Crippen LogP contribution in [0.3, 0.4) is 0 Å². The monoisotopic (exact) mass is 239 g/mol. The van der Waals surface area contributed by atoms with E-state index in [1.165, 1.54) is 6.08 Å². The molecule has 73 valence electrons. The van der Waals surface area contributed by atoms with Crippen molar-refractivity contribution in [1.29, 1.82) is 0 Å². The van der Waals surface area contributed by atoms with Gasteiger partial charge in [0, 0.05) is 17.3 Å². The molecule has 0 unspecified atom stereocenters. The summed E-state index contributed by atoms with van der Waals surface area (Å²) >= 11 is 11.1. The zero-order valence-corrected chi connectivity index (χ0v) is 9.16. The summed E-state index contributed by atoms with van der Waals surface area (Å²) in [4.78, 5) is 0.278. The number of alkyl halides is 1. The van der Waals surface area contributed by atoms with Gasteiger partial charge in [-0.25, -0.2) is 8.42 Å². The van der Waals surface area contributed by atoms with Gasteiger partial charge in [-0.05, 0) is 12.5 Å². The average Bonchev–Trinajstić information content (AvgIpc) is 2.04. The predicted molar refractivity (Wildman–Crippen MR) is 55.4 cm³/mol. The van der Waals surface area contributed by atoms with Crippen LogP contribution in [0.5, 0.6) is 0 Å². The largest absolute Gasteiger partial charge is 0.224 e. The summed E-state index contributed by atoms with van der Waals surface area (Å²) in [7, 11) is -3.22. The minimum atomic E-state index is -3.22. The molecule has 1 aliphatic carbocycles. The third-order valence-corrected chi connectivity index (χ3v) is 4.04. The Morgan fingerprint density at radius 2 is 2.15 bits per heavy atom. The fourth-order valence-electron chi connectivity index (χ4n) is 0.978. The Hall–Kier alpha value is 0.01000. The van der Waals surface area contributed by atoms with E-state index in [4.69, 9.17) is 23.2 Å². The minimum absolute atomic E-state index is 0.0406. The van der Waals surface area contributed by atoms with Gasteiger partial charge >= 0.3 is 0 Å². The molecule has 1 rings (SSSR count). The first-order chi connectivity index (χ1) is 6.06. The van der Waals surface area contributed by atoms with E-state index in [2.05, 4.69) is 0 Å². The first-order valence-electron chi connectivity index (χ1n) is 3.75. The SMILES string of the molecule is O=S(=O)(CCCl)C1=CC[CH]C(Cl)=C1. The first kappa shape index (κ1) is 11.1. The second kappa shape index (κ2) is 4.49. The summed E-state index contributed by atoms with van der Waals surface area (Å²) in [5.41, 5.74) is 0. The summed E-state index contributed by atoms with van der Waals surface area (Å²) in [6.07, 6.45) is 5.40. The van der Waals surface area contributed by atoms with Crippen molar-refractivity contribution < 1.29 is 8.42 Å². The minimum Gasteiger partial charge on any atom is -0.224 e. The van der Waals surface area contributed by atoms with Crippen LogP contribution in [-0.2, 0) is 9.84 Å². The maximum atomic E-state index is 11.5. The van der Waals surface area contributed by atoms with E-state index in [1.54, 1.807) is 12.5 Å². The van der Waals surface area contributed by atoms with Crippen LogP contribution in [0.1, 0.15) is 6.42 Å². The Morgan fingerprint density at radius 3 is 2.69 bits per heavy atom. The van der Waals surface area contributed by atoms with Crippen LogP contribution in [0.25, 0.3) is 0 Å². The van der Waals surface area contributed by atoms with E-state index >= 15 is 0 Å². The van der Waals surface area contributed by atoms with E-state index in [0.717, 1.165) is 0 Å². The van der Waals surface area contributed by atoms with Crippen LogP contribution < -0.4 is 0 Å². The molecule has 0 aromatic rings. The molecule has 0 fully saturated rings. The number of hydrogen-bond donors (Lipinski definition) is 0. The van der Waals surface area contributed by atoms with Gasteiger partial charge < -0.3 is 0 Å². The zero-order valence-electron chi connectivity index (χ0n) is 6.83. The molecule has 0 aliphatic heterocycles. The van der Waals surface area contributed by atoms with Gasteiger partial charge in [0.25, 0.3) is 0 Å². The topological polar surface area (TPSA) is 34.1 Å². The van der Waals surface area contributed by atoms with Gasteiger partial charge in [0.1, 0.15) is 0 Å². The second-order valence-corrected chi connectivity index (χ2v) is 5.51. The van der Waals surface area contributed by atoms with Crippen molar-refractivity contribution >= 4 is 33.0 Å². The highest BCUT2D eigenvalue weighted by Gasteiger charge is 2.17. The molecule has 0 saturated carbocycles. The second-order valence-electron chi connectivity index (χ2n) is 2.58. The lowest BCUT2D eigenvalue weighted by Crippen LogP contribution is -2.10. The van der Waals surface area contributed by atoms with E-state index in [0.29, 0.717) is 11.5 Å². The van der Waals surface area contributed by atoms with Crippen molar-refractivity contribution in [3.63, 3.8) is 0 Å². The van der Waals surface area contributed by atoms with Crippen molar-refractivity contribution in [3.8, 4) is 0 Å². The number of sulfone groups is 1. The van der Waals surface area contributed by atoms with E-state index < -0.39 is 9.84 Å². The molecular weight excluding hydrogens is 231 g/mol. The molecule has 13 heavy (non-hydrogen) atoms. The molecule has 0 saturated heterocycles. The molecule has 0 aromatic carbocycles. The van der Waals surface area contributed by atoms with E-state index in [1.807, 2.05) is 0 Å². The van der Waals surface area contributed by atoms with Crippen molar-refractivity contribution in [2.45, 2.75) is 6.42 Å². The zero-order chi connectivity index (χ0) is 9.90. The van der Waals surface area contributed by atoms with Gasteiger partial charge in [0.2, 0.25) is 0 Å². The Labute approximate surface area is 88.1 Å². The van der Waals surface area contributed by atoms with Crippen LogP contribution in [0, 0.1) is 6.42 Å². The summed E-state index contributed by atoms with van der Waals surface area (Å²) < 4.78 is 22.9. The maximum Gasteiger partial charge on any atom is 0.179 e. The Kier molecular flexibility index (Phi) is 3.83. The fourth-order valence-corrected chi connectivity index (χ4v) is 2.95. The Morgan fingerprint density at radius 1 is 1.46 bits per heavy atom. The lowest BCUT2D eigenvalue weighted by atomic mass is 10.2. The predicted octanol–water partition coefficient (Wildman–Crippen LogP) is 2.25. The van der Waals surface area contributed by atoms with Gasteiger partial charge in [-0.15, -0.1) is 11.6 Å². The normalized spacial score (nSPS) is 18.0. The molecule has 0 amide bonds. The molecule has 1 radical (unpaired) electrons. The molecule has 5 heteroatoms. The average molecular weight is 240 g/mol. The van der Waals surface area contributed by atoms with Gasteiger partial charge in [-0.3, -0.25) is 0 Å². The van der Waals surface area contributed by atoms with Gasteiger partial charge in [-0.1, -0.05) is 17.7 Å². The maximum absolute atomic E-state index is 11.5. The molecule has 0 bridgehead atoms. The molecule has 2 nitrogen and oxygen atoms in total. The van der Waals surface area contributed by atoms with Crippen LogP contribution >= 0.6 is 23.2 Å². The molecule has 0 N–H and O–H groups in total. The van der Waals surface area contributed by atoms with E-state index in [-0.39, 0.29) is 16.5 Å². The molecule has 0 atom stereocenters. The molecule has 0 spiro atoms. The number of rotatable bonds is 3. The lowest BCUT2D eigenvalue weighted by Gasteiger charge is -2.08. The smallest absolute Gasteiger partial charge is 0.179 e. The van der Waals surface area contributed by atoms with Crippen LogP contribution in [0.15, 0.2) is 22.1 Å². The molecule has 1 aliphatic rings. The lowest BCUT2D eigenvalue weighted by molar-refractivity contribution is 0.604. The number of hydrogen-bond acceptors (Lipinski definition) is 2. The van der Waals surface area contributed by atoms with Gasteiger partial charge in [-0.2, -0.15) is 0 Å². The highest BCUT2D eigenvalue weighted by molar-refractivity contribution is 7.95. The van der Waals surface area contributed by atoms with Crippen molar-refractivity contribution in [3.05, 3.63) is 28.5 Å². The van der Waals surface area contributed by atoms with Gasteiger partial charge in [0.05, 0.1) is 10.7 Å². The third-order valence-electron chi connectivity index (χ3n) is 1.62. The van der Waals surface area contributed by atoms with Crippen molar-refractivity contribution in [1.82, 2.24) is 0 Å². The van der Waals surface area contributed by atoms with Gasteiger partial charge in [0.15, 0.2) is 9.84 Å². The quantitative estimate of drug-likeness (QED) is 0.709. The summed E-state index contributed by atoms with van der Waals surface area (Å²) in [6.45, 7) is 0. The highest BCUT2D eigenvalue weighted by atomic mass is 35.5. The van der Waals surface area contributed by atoms with Crippen molar-refractivity contribution in [2.75, 3.05) is 11.6 Å².